The minimum atomic E-state index is -0.00769. The lowest BCUT2D eigenvalue weighted by Gasteiger charge is -2.28. The van der Waals surface area contributed by atoms with Gasteiger partial charge in [0.05, 0.1) is 19.4 Å². The first-order chi connectivity index (χ1) is 10.3. The number of nitrogens with one attached hydrogen (secondary N) is 1. The van der Waals surface area contributed by atoms with E-state index in [0.29, 0.717) is 19.0 Å². The van der Waals surface area contributed by atoms with E-state index in [1.165, 1.54) is 24.1 Å². The van der Waals surface area contributed by atoms with Crippen molar-refractivity contribution in [2.45, 2.75) is 32.4 Å². The Kier molecular flexibility index (Phi) is 4.60. The fraction of sp³-hybridized carbons (Fsp3) is 0.438. The third-order valence-corrected chi connectivity index (χ3v) is 4.77. The van der Waals surface area contributed by atoms with Gasteiger partial charge in [-0.3, -0.25) is 0 Å². The van der Waals surface area contributed by atoms with E-state index in [9.17, 15) is 4.79 Å². The van der Waals surface area contributed by atoms with Crippen LogP contribution < -0.4 is 5.32 Å². The second-order valence-electron chi connectivity index (χ2n) is 5.50. The highest BCUT2D eigenvalue weighted by Gasteiger charge is 2.21. The number of furan rings is 1. The number of urea groups is 1. The molecule has 1 aliphatic rings. The summed E-state index contributed by atoms with van der Waals surface area (Å²) < 4.78 is 5.37. The zero-order valence-corrected chi connectivity index (χ0v) is 12.8. The summed E-state index contributed by atoms with van der Waals surface area (Å²) in [5.74, 6) is 1.48. The summed E-state index contributed by atoms with van der Waals surface area (Å²) in [7, 11) is 0. The molecular formula is C16H20N2O2S. The Morgan fingerprint density at radius 3 is 2.86 bits per heavy atom. The van der Waals surface area contributed by atoms with Crippen LogP contribution in [-0.2, 0) is 13.1 Å². The number of carbonyl (C=O) groups excluding carboxylic acids is 1. The first-order valence-corrected chi connectivity index (χ1v) is 8.27. The number of carbonyl (C=O) groups is 1. The molecule has 4 nitrogen and oxygen atoms in total. The number of thiophene rings is 1. The van der Waals surface area contributed by atoms with Gasteiger partial charge in [-0.05, 0) is 42.3 Å². The van der Waals surface area contributed by atoms with Gasteiger partial charge in [-0.1, -0.05) is 12.5 Å². The van der Waals surface area contributed by atoms with Crippen LogP contribution in [0.15, 0.2) is 40.3 Å². The fourth-order valence-electron chi connectivity index (χ4n) is 2.42. The Labute approximate surface area is 128 Å². The van der Waals surface area contributed by atoms with E-state index in [2.05, 4.69) is 11.4 Å². The zero-order chi connectivity index (χ0) is 14.5. The van der Waals surface area contributed by atoms with Crippen molar-refractivity contribution in [3.63, 3.8) is 0 Å². The lowest BCUT2D eigenvalue weighted by atomic mass is 9.85. The normalized spacial score (nSPS) is 14.7. The Hall–Kier alpha value is -1.75. The Morgan fingerprint density at radius 1 is 1.33 bits per heavy atom. The number of rotatable bonds is 6. The molecule has 0 unspecified atom stereocenters. The minimum Gasteiger partial charge on any atom is -0.467 e. The maximum atomic E-state index is 12.4. The van der Waals surface area contributed by atoms with Gasteiger partial charge >= 0.3 is 6.03 Å². The molecule has 0 bridgehead atoms. The summed E-state index contributed by atoms with van der Waals surface area (Å²) >= 11 is 1.67. The highest BCUT2D eigenvalue weighted by molar-refractivity contribution is 7.09. The molecule has 1 N–H and O–H groups in total. The average molecular weight is 304 g/mol. The minimum absolute atomic E-state index is 0.00769. The SMILES string of the molecule is O=C(NCC1CCC1)N(Cc1ccco1)Cc1cccs1. The number of amides is 2. The van der Waals surface area contributed by atoms with Crippen LogP contribution in [0.2, 0.25) is 0 Å². The third kappa shape index (κ3) is 3.88. The summed E-state index contributed by atoms with van der Waals surface area (Å²) in [6.45, 7) is 1.91. The van der Waals surface area contributed by atoms with E-state index in [4.69, 9.17) is 4.42 Å². The molecular weight excluding hydrogens is 284 g/mol. The van der Waals surface area contributed by atoms with E-state index >= 15 is 0 Å². The molecule has 0 saturated heterocycles. The summed E-state index contributed by atoms with van der Waals surface area (Å²) in [6, 6.07) is 7.81. The van der Waals surface area contributed by atoms with Gasteiger partial charge in [-0.25, -0.2) is 4.79 Å². The van der Waals surface area contributed by atoms with Crippen LogP contribution in [-0.4, -0.2) is 17.5 Å². The van der Waals surface area contributed by atoms with Gasteiger partial charge in [-0.15, -0.1) is 11.3 Å². The molecule has 112 valence electrons. The van der Waals surface area contributed by atoms with Crippen molar-refractivity contribution in [3.8, 4) is 0 Å². The van der Waals surface area contributed by atoms with Crippen LogP contribution >= 0.6 is 11.3 Å². The van der Waals surface area contributed by atoms with Gasteiger partial charge in [0.2, 0.25) is 0 Å². The van der Waals surface area contributed by atoms with Crippen LogP contribution in [0.4, 0.5) is 4.79 Å². The first kappa shape index (κ1) is 14.2. The number of hydrogen-bond donors (Lipinski definition) is 1. The molecule has 2 amide bonds. The monoisotopic (exact) mass is 304 g/mol. The van der Waals surface area contributed by atoms with Crippen molar-refractivity contribution in [1.82, 2.24) is 10.2 Å². The highest BCUT2D eigenvalue weighted by Crippen LogP contribution is 2.25. The molecule has 0 aromatic carbocycles. The molecule has 0 radical (unpaired) electrons. The van der Waals surface area contributed by atoms with E-state index in [1.54, 1.807) is 17.6 Å². The third-order valence-electron chi connectivity index (χ3n) is 3.91. The molecule has 3 rings (SSSR count). The van der Waals surface area contributed by atoms with Crippen molar-refractivity contribution in [2.24, 2.45) is 5.92 Å². The molecule has 2 heterocycles. The molecule has 1 saturated carbocycles. The van der Waals surface area contributed by atoms with Gasteiger partial charge in [-0.2, -0.15) is 0 Å². The molecule has 0 spiro atoms. The predicted molar refractivity (Wildman–Crippen MR) is 83.0 cm³/mol. The second kappa shape index (κ2) is 6.80. The lowest BCUT2D eigenvalue weighted by molar-refractivity contribution is 0.182. The van der Waals surface area contributed by atoms with Gasteiger partial charge in [0.15, 0.2) is 0 Å². The van der Waals surface area contributed by atoms with E-state index in [0.717, 1.165) is 12.3 Å². The summed E-state index contributed by atoms with van der Waals surface area (Å²) in [6.07, 6.45) is 5.42. The predicted octanol–water partition coefficient (Wildman–Crippen LogP) is 3.85. The van der Waals surface area contributed by atoms with Crippen LogP contribution in [0.3, 0.4) is 0 Å². The van der Waals surface area contributed by atoms with Crippen molar-refractivity contribution in [2.75, 3.05) is 6.54 Å². The first-order valence-electron chi connectivity index (χ1n) is 7.39. The van der Waals surface area contributed by atoms with E-state index in [-0.39, 0.29) is 6.03 Å². The van der Waals surface area contributed by atoms with Crippen molar-refractivity contribution >= 4 is 17.4 Å². The molecule has 5 heteroatoms. The van der Waals surface area contributed by atoms with E-state index in [1.807, 2.05) is 28.5 Å². The molecule has 1 aliphatic carbocycles. The fourth-order valence-corrected chi connectivity index (χ4v) is 3.14. The number of hydrogen-bond acceptors (Lipinski definition) is 3. The van der Waals surface area contributed by atoms with Crippen LogP contribution in [0, 0.1) is 5.92 Å². The molecule has 1 fully saturated rings. The van der Waals surface area contributed by atoms with E-state index < -0.39 is 0 Å². The van der Waals surface area contributed by atoms with Crippen LogP contribution in [0.5, 0.6) is 0 Å². The Bertz CT molecular complexity index is 511. The largest absolute Gasteiger partial charge is 0.467 e. The zero-order valence-electron chi connectivity index (χ0n) is 12.0. The van der Waals surface area contributed by atoms with Crippen LogP contribution in [0.1, 0.15) is 29.9 Å². The number of nitrogens with zero attached hydrogens (tertiary/aromatic N) is 1. The summed E-state index contributed by atoms with van der Waals surface area (Å²) in [4.78, 5) is 15.4. The van der Waals surface area contributed by atoms with Gasteiger partial charge in [0, 0.05) is 11.4 Å². The summed E-state index contributed by atoms with van der Waals surface area (Å²) in [5.41, 5.74) is 0. The van der Waals surface area contributed by atoms with Crippen molar-refractivity contribution in [3.05, 3.63) is 46.5 Å². The van der Waals surface area contributed by atoms with Gasteiger partial charge in [0.1, 0.15) is 5.76 Å². The topological polar surface area (TPSA) is 45.5 Å². The highest BCUT2D eigenvalue weighted by atomic mass is 32.1. The molecule has 21 heavy (non-hydrogen) atoms. The summed E-state index contributed by atoms with van der Waals surface area (Å²) in [5, 5.41) is 5.09. The molecule has 2 aromatic rings. The second-order valence-corrected chi connectivity index (χ2v) is 6.53. The Morgan fingerprint density at radius 2 is 2.24 bits per heavy atom. The standard InChI is InChI=1S/C16H20N2O2S/c19-16(17-10-13-4-1-5-13)18(11-14-6-2-8-20-14)12-15-7-3-9-21-15/h2-3,6-9,13H,1,4-5,10-12H2,(H,17,19). The average Bonchev–Trinajstić information content (AvgIpc) is 3.09. The van der Waals surface area contributed by atoms with Crippen molar-refractivity contribution < 1.29 is 9.21 Å². The maximum Gasteiger partial charge on any atom is 0.318 e. The van der Waals surface area contributed by atoms with Gasteiger partial charge < -0.3 is 14.6 Å². The van der Waals surface area contributed by atoms with Crippen molar-refractivity contribution in [1.29, 1.82) is 0 Å². The molecule has 2 aromatic heterocycles. The smallest absolute Gasteiger partial charge is 0.318 e. The quantitative estimate of drug-likeness (QED) is 0.881. The maximum absolute atomic E-state index is 12.4. The Balaban J connectivity index is 1.60. The van der Waals surface area contributed by atoms with Crippen LogP contribution in [0.25, 0.3) is 0 Å². The lowest BCUT2D eigenvalue weighted by Crippen LogP contribution is -2.41. The molecule has 0 aliphatic heterocycles. The van der Waals surface area contributed by atoms with Gasteiger partial charge in [0.25, 0.3) is 0 Å². The molecule has 0 atom stereocenters.